The fraction of sp³-hybridized carbons (Fsp3) is 0.500. The molecule has 3 rings (SSSR count). The first-order valence-electron chi connectivity index (χ1n) is 8.43. The number of fused-ring (bicyclic) bond motifs is 1. The van der Waals surface area contributed by atoms with E-state index in [0.29, 0.717) is 6.54 Å². The highest BCUT2D eigenvalue weighted by Gasteiger charge is 2.24. The molecular weight excluding hydrogens is 290 g/mol. The van der Waals surface area contributed by atoms with Crippen LogP contribution in [0, 0.1) is 6.92 Å². The van der Waals surface area contributed by atoms with E-state index in [4.69, 9.17) is 0 Å². The minimum absolute atomic E-state index is 0.112. The number of amides is 2. The van der Waals surface area contributed by atoms with Gasteiger partial charge in [-0.05, 0) is 37.3 Å². The monoisotopic (exact) mass is 315 g/mol. The van der Waals surface area contributed by atoms with Gasteiger partial charge in [-0.3, -0.25) is 0 Å². The van der Waals surface area contributed by atoms with Crippen LogP contribution in [0.5, 0.6) is 0 Å². The number of hydrogen-bond acceptors (Lipinski definition) is 2. The Balaban J connectivity index is 1.50. The zero-order chi connectivity index (χ0) is 16.2. The number of aromatic nitrogens is 1. The van der Waals surface area contributed by atoms with Gasteiger partial charge in [0.2, 0.25) is 0 Å². The van der Waals surface area contributed by atoms with E-state index in [0.717, 1.165) is 37.6 Å². The van der Waals surface area contributed by atoms with Gasteiger partial charge in [0.05, 0.1) is 12.1 Å². The summed E-state index contributed by atoms with van der Waals surface area (Å²) < 4.78 is 0. The Morgan fingerprint density at radius 2 is 2.17 bits per heavy atom. The van der Waals surface area contributed by atoms with Gasteiger partial charge < -0.3 is 20.7 Å². The van der Waals surface area contributed by atoms with Crippen molar-refractivity contribution in [2.75, 3.05) is 6.54 Å². The Hall–Kier alpha value is -2.01. The molecule has 4 N–H and O–H groups in total. The molecule has 2 amide bonds. The molecule has 0 bridgehead atoms. The van der Waals surface area contributed by atoms with Crippen LogP contribution in [0.1, 0.15) is 36.8 Å². The summed E-state index contributed by atoms with van der Waals surface area (Å²) in [6.07, 6.45) is 6.13. The molecule has 1 fully saturated rings. The summed E-state index contributed by atoms with van der Waals surface area (Å²) in [6, 6.07) is 5.95. The molecule has 1 heterocycles. The standard InChI is InChI=1S/C18H25N3O2/c1-12-5-4-6-14-13(11-20-17(12)14)9-10-19-18(23)21-15-7-2-3-8-16(15)22/h4-6,11,15-16,20,22H,2-3,7-10H2,1H3,(H2,19,21,23)/t15-,16-/m1/s1. The lowest BCUT2D eigenvalue weighted by atomic mass is 9.93. The molecule has 0 radical (unpaired) electrons. The molecule has 2 atom stereocenters. The van der Waals surface area contributed by atoms with Crippen LogP contribution in [-0.4, -0.2) is 34.8 Å². The van der Waals surface area contributed by atoms with E-state index < -0.39 is 6.10 Å². The lowest BCUT2D eigenvalue weighted by Crippen LogP contribution is -2.49. The van der Waals surface area contributed by atoms with Crippen molar-refractivity contribution < 1.29 is 9.90 Å². The third-order valence-corrected chi connectivity index (χ3v) is 4.74. The van der Waals surface area contributed by atoms with E-state index in [1.165, 1.54) is 16.5 Å². The first kappa shape index (κ1) is 15.9. The molecule has 1 aromatic heterocycles. The van der Waals surface area contributed by atoms with E-state index in [2.05, 4.69) is 40.7 Å². The van der Waals surface area contributed by atoms with Gasteiger partial charge in [-0.25, -0.2) is 4.79 Å². The number of aliphatic hydroxyl groups excluding tert-OH is 1. The largest absolute Gasteiger partial charge is 0.391 e. The van der Waals surface area contributed by atoms with Crippen molar-refractivity contribution in [1.29, 1.82) is 0 Å². The van der Waals surface area contributed by atoms with Gasteiger partial charge in [0.1, 0.15) is 0 Å². The highest BCUT2D eigenvalue weighted by Crippen LogP contribution is 2.21. The molecule has 1 aromatic carbocycles. The number of hydrogen-bond donors (Lipinski definition) is 4. The number of carbonyl (C=O) groups is 1. The fourth-order valence-electron chi connectivity index (χ4n) is 3.38. The maximum absolute atomic E-state index is 12.0. The van der Waals surface area contributed by atoms with Crippen LogP contribution >= 0.6 is 0 Å². The van der Waals surface area contributed by atoms with Crippen molar-refractivity contribution in [1.82, 2.24) is 15.6 Å². The minimum atomic E-state index is -0.411. The molecule has 0 unspecified atom stereocenters. The van der Waals surface area contributed by atoms with Gasteiger partial charge in [-0.2, -0.15) is 0 Å². The second kappa shape index (κ2) is 7.04. The fourth-order valence-corrected chi connectivity index (χ4v) is 3.38. The highest BCUT2D eigenvalue weighted by molar-refractivity contribution is 5.85. The molecule has 5 heteroatoms. The van der Waals surface area contributed by atoms with Crippen LogP contribution in [0.2, 0.25) is 0 Å². The lowest BCUT2D eigenvalue weighted by Gasteiger charge is -2.28. The molecule has 0 saturated heterocycles. The summed E-state index contributed by atoms with van der Waals surface area (Å²) in [7, 11) is 0. The Bertz CT molecular complexity index is 680. The third kappa shape index (κ3) is 3.67. The van der Waals surface area contributed by atoms with Crippen LogP contribution in [-0.2, 0) is 6.42 Å². The van der Waals surface area contributed by atoms with Crippen LogP contribution in [0.3, 0.4) is 0 Å². The normalized spacial score (nSPS) is 21.3. The smallest absolute Gasteiger partial charge is 0.315 e. The summed E-state index contributed by atoms with van der Waals surface area (Å²) in [5, 5.41) is 16.9. The predicted molar refractivity (Wildman–Crippen MR) is 91.5 cm³/mol. The van der Waals surface area contributed by atoms with Crippen molar-refractivity contribution in [2.45, 2.75) is 51.2 Å². The quantitative estimate of drug-likeness (QED) is 0.700. The van der Waals surface area contributed by atoms with E-state index in [1.807, 2.05) is 6.20 Å². The molecule has 0 spiro atoms. The second-order valence-corrected chi connectivity index (χ2v) is 6.42. The first-order valence-corrected chi connectivity index (χ1v) is 8.43. The molecule has 1 saturated carbocycles. The number of aryl methyl sites for hydroxylation is 1. The average molecular weight is 315 g/mol. The molecule has 2 aromatic rings. The maximum Gasteiger partial charge on any atom is 0.315 e. The molecule has 0 aliphatic heterocycles. The molecule has 23 heavy (non-hydrogen) atoms. The van der Waals surface area contributed by atoms with E-state index in [1.54, 1.807) is 0 Å². The third-order valence-electron chi connectivity index (χ3n) is 4.74. The Kier molecular flexibility index (Phi) is 4.86. The number of aliphatic hydroxyl groups is 1. The lowest BCUT2D eigenvalue weighted by molar-refractivity contribution is 0.0943. The molecular formula is C18H25N3O2. The predicted octanol–water partition coefficient (Wildman–Crippen LogP) is 2.62. The summed E-state index contributed by atoms with van der Waals surface area (Å²) >= 11 is 0. The zero-order valence-corrected chi connectivity index (χ0v) is 13.6. The van der Waals surface area contributed by atoms with Crippen LogP contribution in [0.25, 0.3) is 10.9 Å². The van der Waals surface area contributed by atoms with Crippen molar-refractivity contribution in [2.24, 2.45) is 0 Å². The van der Waals surface area contributed by atoms with Gasteiger partial charge in [-0.1, -0.05) is 31.0 Å². The summed E-state index contributed by atoms with van der Waals surface area (Å²) in [4.78, 5) is 15.3. The number of urea groups is 1. The van der Waals surface area contributed by atoms with Gasteiger partial charge >= 0.3 is 6.03 Å². The highest BCUT2D eigenvalue weighted by atomic mass is 16.3. The Morgan fingerprint density at radius 3 is 3.00 bits per heavy atom. The van der Waals surface area contributed by atoms with Crippen LogP contribution in [0.4, 0.5) is 4.79 Å². The number of rotatable bonds is 4. The summed E-state index contributed by atoms with van der Waals surface area (Å²) in [5.41, 5.74) is 3.60. The maximum atomic E-state index is 12.0. The van der Waals surface area contributed by atoms with Crippen molar-refractivity contribution in [3.63, 3.8) is 0 Å². The Labute approximate surface area is 136 Å². The number of carbonyl (C=O) groups excluding carboxylic acids is 1. The second-order valence-electron chi connectivity index (χ2n) is 6.42. The van der Waals surface area contributed by atoms with E-state index >= 15 is 0 Å². The number of benzene rings is 1. The van der Waals surface area contributed by atoms with Crippen LogP contribution in [0.15, 0.2) is 24.4 Å². The van der Waals surface area contributed by atoms with Gasteiger partial charge in [0, 0.05) is 23.6 Å². The minimum Gasteiger partial charge on any atom is -0.391 e. The topological polar surface area (TPSA) is 77.2 Å². The Morgan fingerprint density at radius 1 is 1.35 bits per heavy atom. The average Bonchev–Trinajstić information content (AvgIpc) is 2.94. The van der Waals surface area contributed by atoms with Crippen molar-refractivity contribution >= 4 is 16.9 Å². The van der Waals surface area contributed by atoms with Gasteiger partial charge in [0.25, 0.3) is 0 Å². The molecule has 5 nitrogen and oxygen atoms in total. The number of para-hydroxylation sites is 1. The van der Waals surface area contributed by atoms with Gasteiger partial charge in [-0.15, -0.1) is 0 Å². The van der Waals surface area contributed by atoms with Crippen molar-refractivity contribution in [3.8, 4) is 0 Å². The van der Waals surface area contributed by atoms with Crippen molar-refractivity contribution in [3.05, 3.63) is 35.5 Å². The number of nitrogens with one attached hydrogen (secondary N) is 3. The van der Waals surface area contributed by atoms with Gasteiger partial charge in [0.15, 0.2) is 0 Å². The molecule has 1 aliphatic carbocycles. The summed E-state index contributed by atoms with van der Waals surface area (Å²) in [5.74, 6) is 0. The zero-order valence-electron chi connectivity index (χ0n) is 13.6. The first-order chi connectivity index (χ1) is 11.1. The van der Waals surface area contributed by atoms with E-state index in [9.17, 15) is 9.90 Å². The van der Waals surface area contributed by atoms with E-state index in [-0.39, 0.29) is 12.1 Å². The molecule has 1 aliphatic rings. The molecule has 124 valence electrons. The summed E-state index contributed by atoms with van der Waals surface area (Å²) in [6.45, 7) is 2.67. The number of aromatic amines is 1. The van der Waals surface area contributed by atoms with Crippen LogP contribution < -0.4 is 10.6 Å². The SMILES string of the molecule is Cc1cccc2c(CCNC(=O)N[C@@H]3CCCC[C@H]3O)c[nH]c12. The number of H-pyrrole nitrogens is 1.